The van der Waals surface area contributed by atoms with Gasteiger partial charge in [-0.05, 0) is 59.0 Å². The zero-order valence-electron chi connectivity index (χ0n) is 10.8. The minimum Gasteiger partial charge on any atom is -0.481 e. The number of rotatable bonds is 5. The molecule has 20 heavy (non-hydrogen) atoms. The Balaban J connectivity index is 1.99. The Morgan fingerprint density at radius 1 is 1.40 bits per heavy atom. The van der Waals surface area contributed by atoms with E-state index in [2.05, 4.69) is 5.32 Å². The molecule has 0 radical (unpaired) electrons. The molecule has 0 bridgehead atoms. The summed E-state index contributed by atoms with van der Waals surface area (Å²) >= 11 is 1.91. The molecule has 1 aliphatic rings. The number of carbonyl (C=O) groups is 2. The lowest BCUT2D eigenvalue weighted by Crippen LogP contribution is -2.43. The van der Waals surface area contributed by atoms with Crippen LogP contribution >= 0.6 is 22.6 Å². The third-order valence-corrected chi connectivity index (χ3v) is 4.63. The molecule has 4 nitrogen and oxygen atoms in total. The lowest BCUT2D eigenvalue weighted by Gasteiger charge is -2.40. The van der Waals surface area contributed by atoms with Gasteiger partial charge in [-0.3, -0.25) is 9.59 Å². The largest absolute Gasteiger partial charge is 0.481 e. The molecule has 2 rings (SSSR count). The molecule has 0 atom stereocenters. The van der Waals surface area contributed by atoms with E-state index in [9.17, 15) is 14.0 Å². The van der Waals surface area contributed by atoms with E-state index in [1.54, 1.807) is 0 Å². The van der Waals surface area contributed by atoms with E-state index in [0.717, 1.165) is 19.3 Å². The Morgan fingerprint density at radius 3 is 2.60 bits per heavy atom. The van der Waals surface area contributed by atoms with E-state index in [1.807, 2.05) is 22.6 Å². The van der Waals surface area contributed by atoms with Crippen LogP contribution in [-0.4, -0.2) is 23.5 Å². The molecule has 1 aromatic rings. The fraction of sp³-hybridized carbons (Fsp3) is 0.429. The minimum absolute atomic E-state index is 0.0772. The highest BCUT2D eigenvalue weighted by atomic mass is 127. The van der Waals surface area contributed by atoms with E-state index in [0.29, 0.717) is 15.7 Å². The number of amides is 1. The first-order valence-electron chi connectivity index (χ1n) is 6.37. The maximum atomic E-state index is 13.0. The molecule has 0 spiro atoms. The highest BCUT2D eigenvalue weighted by Gasteiger charge is 2.39. The van der Waals surface area contributed by atoms with Crippen molar-refractivity contribution in [3.8, 4) is 0 Å². The Bertz CT molecular complexity index is 543. The van der Waals surface area contributed by atoms with Crippen LogP contribution in [0.15, 0.2) is 18.2 Å². The Hall–Kier alpha value is -1.18. The first-order valence-corrected chi connectivity index (χ1v) is 7.45. The minimum atomic E-state index is -0.838. The van der Waals surface area contributed by atoms with Crippen molar-refractivity contribution in [3.05, 3.63) is 33.1 Å². The average Bonchev–Trinajstić information content (AvgIpc) is 2.31. The maximum absolute atomic E-state index is 13.0. The SMILES string of the molecule is O=C(O)CC1(CNC(=O)c2ccc(F)cc2I)CCC1. The van der Waals surface area contributed by atoms with E-state index in [1.165, 1.54) is 18.2 Å². The molecule has 1 amide bonds. The fourth-order valence-electron chi connectivity index (χ4n) is 2.45. The van der Waals surface area contributed by atoms with Crippen LogP contribution in [0.2, 0.25) is 0 Å². The van der Waals surface area contributed by atoms with Gasteiger partial charge < -0.3 is 10.4 Å². The number of nitrogens with one attached hydrogen (secondary N) is 1. The van der Waals surface area contributed by atoms with Crippen LogP contribution in [0, 0.1) is 14.8 Å². The summed E-state index contributed by atoms with van der Waals surface area (Å²) in [6, 6.07) is 3.98. The molecule has 0 aliphatic heterocycles. The van der Waals surface area contributed by atoms with Crippen molar-refractivity contribution >= 4 is 34.5 Å². The van der Waals surface area contributed by atoms with Gasteiger partial charge in [0.05, 0.1) is 12.0 Å². The number of aliphatic carboxylic acids is 1. The van der Waals surface area contributed by atoms with Gasteiger partial charge >= 0.3 is 5.97 Å². The van der Waals surface area contributed by atoms with Crippen LogP contribution < -0.4 is 5.32 Å². The van der Waals surface area contributed by atoms with Crippen molar-refractivity contribution in [2.24, 2.45) is 5.41 Å². The smallest absolute Gasteiger partial charge is 0.303 e. The Morgan fingerprint density at radius 2 is 2.10 bits per heavy atom. The Kier molecular flexibility index (Phi) is 4.62. The van der Waals surface area contributed by atoms with Crippen molar-refractivity contribution in [2.45, 2.75) is 25.7 Å². The van der Waals surface area contributed by atoms with E-state index in [-0.39, 0.29) is 23.6 Å². The first kappa shape index (κ1) is 15.2. The number of benzene rings is 1. The summed E-state index contributed by atoms with van der Waals surface area (Å²) < 4.78 is 13.5. The summed E-state index contributed by atoms with van der Waals surface area (Å²) in [5.41, 5.74) is 0.101. The summed E-state index contributed by atoms with van der Waals surface area (Å²) in [4.78, 5) is 22.9. The van der Waals surface area contributed by atoms with Crippen LogP contribution in [-0.2, 0) is 4.79 Å². The van der Waals surface area contributed by atoms with Crippen molar-refractivity contribution < 1.29 is 19.1 Å². The van der Waals surface area contributed by atoms with Gasteiger partial charge in [0.15, 0.2) is 0 Å². The molecule has 2 N–H and O–H groups in total. The zero-order chi connectivity index (χ0) is 14.8. The molecule has 0 heterocycles. The molecule has 0 saturated heterocycles. The van der Waals surface area contributed by atoms with Gasteiger partial charge in [0.2, 0.25) is 0 Å². The van der Waals surface area contributed by atoms with Gasteiger partial charge in [-0.25, -0.2) is 4.39 Å². The summed E-state index contributed by atoms with van der Waals surface area (Å²) in [6.45, 7) is 0.353. The second kappa shape index (κ2) is 6.07. The third-order valence-electron chi connectivity index (χ3n) is 3.74. The topological polar surface area (TPSA) is 66.4 Å². The molecular weight excluding hydrogens is 376 g/mol. The molecule has 1 aromatic carbocycles. The number of halogens is 2. The van der Waals surface area contributed by atoms with Crippen LogP contribution in [0.3, 0.4) is 0 Å². The zero-order valence-corrected chi connectivity index (χ0v) is 12.9. The van der Waals surface area contributed by atoms with Gasteiger partial charge in [0, 0.05) is 10.1 Å². The van der Waals surface area contributed by atoms with Crippen LogP contribution in [0.5, 0.6) is 0 Å². The van der Waals surface area contributed by atoms with Gasteiger partial charge in [0.1, 0.15) is 5.82 Å². The highest BCUT2D eigenvalue weighted by molar-refractivity contribution is 14.1. The van der Waals surface area contributed by atoms with Crippen molar-refractivity contribution in [1.82, 2.24) is 5.32 Å². The van der Waals surface area contributed by atoms with Gasteiger partial charge in [-0.15, -0.1) is 0 Å². The highest BCUT2D eigenvalue weighted by Crippen LogP contribution is 2.43. The third kappa shape index (κ3) is 3.47. The van der Waals surface area contributed by atoms with Crippen molar-refractivity contribution in [2.75, 3.05) is 6.54 Å². The monoisotopic (exact) mass is 391 g/mol. The lowest BCUT2D eigenvalue weighted by atomic mass is 9.66. The van der Waals surface area contributed by atoms with E-state index < -0.39 is 5.97 Å². The lowest BCUT2D eigenvalue weighted by molar-refractivity contribution is -0.141. The quantitative estimate of drug-likeness (QED) is 0.759. The number of carboxylic acid groups (broad SMARTS) is 1. The summed E-state index contributed by atoms with van der Waals surface area (Å²) in [5.74, 6) is -1.51. The van der Waals surface area contributed by atoms with Crippen LogP contribution in [0.25, 0.3) is 0 Å². The number of hydrogen-bond donors (Lipinski definition) is 2. The predicted octanol–water partition coefficient (Wildman–Crippen LogP) is 2.81. The Labute approximate surface area is 129 Å². The van der Waals surface area contributed by atoms with Crippen molar-refractivity contribution in [3.63, 3.8) is 0 Å². The van der Waals surface area contributed by atoms with Gasteiger partial charge in [-0.2, -0.15) is 0 Å². The number of carboxylic acids is 1. The van der Waals surface area contributed by atoms with Crippen LogP contribution in [0.1, 0.15) is 36.0 Å². The molecule has 1 saturated carbocycles. The van der Waals surface area contributed by atoms with Gasteiger partial charge in [0.25, 0.3) is 5.91 Å². The summed E-state index contributed by atoms with van der Waals surface area (Å²) in [6.07, 6.45) is 2.71. The second-order valence-corrected chi connectivity index (χ2v) is 6.39. The van der Waals surface area contributed by atoms with E-state index >= 15 is 0 Å². The normalized spacial score (nSPS) is 16.3. The molecule has 1 fully saturated rings. The fourth-order valence-corrected chi connectivity index (χ4v) is 3.17. The number of hydrogen-bond acceptors (Lipinski definition) is 2. The maximum Gasteiger partial charge on any atom is 0.303 e. The van der Waals surface area contributed by atoms with Gasteiger partial charge in [-0.1, -0.05) is 6.42 Å². The van der Waals surface area contributed by atoms with Crippen LogP contribution in [0.4, 0.5) is 4.39 Å². The predicted molar refractivity (Wildman–Crippen MR) is 80.0 cm³/mol. The molecular formula is C14H15FINO3. The molecule has 0 aromatic heterocycles. The summed E-state index contributed by atoms with van der Waals surface area (Å²) in [7, 11) is 0. The van der Waals surface area contributed by atoms with Crippen molar-refractivity contribution in [1.29, 1.82) is 0 Å². The number of carbonyl (C=O) groups excluding carboxylic acids is 1. The molecule has 1 aliphatic carbocycles. The average molecular weight is 391 g/mol. The second-order valence-electron chi connectivity index (χ2n) is 5.23. The molecule has 6 heteroatoms. The summed E-state index contributed by atoms with van der Waals surface area (Å²) in [5, 5.41) is 11.7. The van der Waals surface area contributed by atoms with E-state index in [4.69, 9.17) is 5.11 Å². The molecule has 108 valence electrons. The first-order chi connectivity index (χ1) is 9.42. The standard InChI is InChI=1S/C14H15FINO3/c15-9-2-3-10(11(16)6-9)13(20)17-8-14(4-1-5-14)7-12(18)19/h2-3,6H,1,4-5,7-8H2,(H,17,20)(H,18,19). The molecule has 0 unspecified atom stereocenters.